The van der Waals surface area contributed by atoms with Crippen molar-refractivity contribution in [1.29, 1.82) is 0 Å². The summed E-state index contributed by atoms with van der Waals surface area (Å²) in [5.74, 6) is 0.474. The summed E-state index contributed by atoms with van der Waals surface area (Å²) in [4.78, 5) is 19.2. The zero-order chi connectivity index (χ0) is 21.3. The average Bonchev–Trinajstić information content (AvgIpc) is 3.14. The molecule has 3 aromatic rings. The number of carbonyl (C=O) groups is 1. The maximum atomic E-state index is 12.2. The van der Waals surface area contributed by atoms with Crippen molar-refractivity contribution >= 4 is 42.5 Å². The number of para-hydroxylation sites is 1. The third-order valence-electron chi connectivity index (χ3n) is 5.02. The third-order valence-corrected chi connectivity index (χ3v) is 7.85. The number of methoxy groups -OCH3 is 1. The molecule has 4 rings (SSSR count). The first-order chi connectivity index (χ1) is 14.4. The highest BCUT2D eigenvalue weighted by molar-refractivity contribution is 7.91. The molecule has 1 fully saturated rings. The maximum Gasteiger partial charge on any atom is 0.310 e. The Morgan fingerprint density at radius 1 is 1.20 bits per heavy atom. The number of fused-ring (bicyclic) bond motifs is 1. The fourth-order valence-electron chi connectivity index (χ4n) is 3.26. The number of hydrogen-bond acceptors (Lipinski definition) is 8. The van der Waals surface area contributed by atoms with Gasteiger partial charge in [-0.05, 0) is 29.8 Å². The van der Waals surface area contributed by atoms with E-state index in [9.17, 15) is 13.2 Å². The lowest BCUT2D eigenvalue weighted by Crippen LogP contribution is -2.53. The lowest BCUT2D eigenvalue weighted by atomic mass is 10.1. The number of anilines is 1. The van der Waals surface area contributed by atoms with Gasteiger partial charge in [-0.25, -0.2) is 13.4 Å². The number of hydrogen-bond donors (Lipinski definition) is 0. The van der Waals surface area contributed by atoms with Gasteiger partial charge in [0.15, 0.2) is 15.0 Å². The Hall–Kier alpha value is -2.65. The van der Waals surface area contributed by atoms with Crippen molar-refractivity contribution in [1.82, 2.24) is 4.98 Å². The summed E-state index contributed by atoms with van der Waals surface area (Å²) in [6.07, 6.45) is -0.0625. The van der Waals surface area contributed by atoms with Crippen LogP contribution in [0.25, 0.3) is 10.2 Å². The van der Waals surface area contributed by atoms with Gasteiger partial charge in [-0.1, -0.05) is 36.5 Å². The molecule has 0 unspecified atom stereocenters. The predicted octanol–water partition coefficient (Wildman–Crippen LogP) is 3.07. The van der Waals surface area contributed by atoms with E-state index in [-0.39, 0.29) is 29.1 Å². The van der Waals surface area contributed by atoms with Gasteiger partial charge in [0.1, 0.15) is 17.4 Å². The molecule has 0 radical (unpaired) electrons. The van der Waals surface area contributed by atoms with Crippen LogP contribution >= 0.6 is 11.3 Å². The number of benzene rings is 2. The molecule has 0 N–H and O–H groups in total. The Labute approximate surface area is 179 Å². The fraction of sp³-hybridized carbons (Fsp3) is 0.333. The first-order valence-corrected chi connectivity index (χ1v) is 12.1. The molecule has 2 aromatic carbocycles. The summed E-state index contributed by atoms with van der Waals surface area (Å²) in [5.41, 5.74) is 1.57. The summed E-state index contributed by atoms with van der Waals surface area (Å²) in [7, 11) is -1.61. The van der Waals surface area contributed by atoms with Crippen LogP contribution in [0, 0.1) is 0 Å². The molecule has 0 atom stereocenters. The van der Waals surface area contributed by atoms with Gasteiger partial charge in [0.25, 0.3) is 0 Å². The number of sulfone groups is 1. The molecule has 1 saturated heterocycles. The molecule has 30 heavy (non-hydrogen) atoms. The lowest BCUT2D eigenvalue weighted by Gasteiger charge is -2.38. The van der Waals surface area contributed by atoms with E-state index in [1.807, 2.05) is 18.2 Å². The van der Waals surface area contributed by atoms with Gasteiger partial charge in [0.2, 0.25) is 0 Å². The van der Waals surface area contributed by atoms with Crippen molar-refractivity contribution in [2.24, 2.45) is 0 Å². The smallest absolute Gasteiger partial charge is 0.310 e. The summed E-state index contributed by atoms with van der Waals surface area (Å²) >= 11 is 1.58. The SMILES string of the molecule is CCS(=O)(=O)c1ccc(CC(=O)OC2CN(c3nc4c(OC)cccc4s3)C2)cc1. The molecule has 0 spiro atoms. The molecule has 1 aliphatic heterocycles. The van der Waals surface area contributed by atoms with Crippen molar-refractivity contribution in [3.05, 3.63) is 48.0 Å². The van der Waals surface area contributed by atoms with Crippen molar-refractivity contribution in [2.45, 2.75) is 24.3 Å². The van der Waals surface area contributed by atoms with E-state index in [0.29, 0.717) is 13.1 Å². The topological polar surface area (TPSA) is 85.8 Å². The van der Waals surface area contributed by atoms with Crippen molar-refractivity contribution in [2.75, 3.05) is 30.9 Å². The van der Waals surface area contributed by atoms with Crippen LogP contribution < -0.4 is 9.64 Å². The minimum Gasteiger partial charge on any atom is -0.494 e. The van der Waals surface area contributed by atoms with Gasteiger partial charge < -0.3 is 14.4 Å². The van der Waals surface area contributed by atoms with E-state index < -0.39 is 9.84 Å². The lowest BCUT2D eigenvalue weighted by molar-refractivity contribution is -0.149. The molecule has 0 amide bonds. The van der Waals surface area contributed by atoms with Gasteiger partial charge in [0, 0.05) is 0 Å². The predicted molar refractivity (Wildman–Crippen MR) is 116 cm³/mol. The number of carbonyl (C=O) groups excluding carboxylic acids is 1. The van der Waals surface area contributed by atoms with Crippen LogP contribution in [0.3, 0.4) is 0 Å². The number of nitrogens with zero attached hydrogens (tertiary/aromatic N) is 2. The van der Waals surface area contributed by atoms with E-state index in [0.717, 1.165) is 26.7 Å². The molecule has 158 valence electrons. The normalized spacial score (nSPS) is 14.5. The molecule has 0 bridgehead atoms. The number of ether oxygens (including phenoxy) is 2. The minimum absolute atomic E-state index is 0.0496. The second-order valence-corrected chi connectivity index (χ2v) is 10.3. The summed E-state index contributed by atoms with van der Waals surface area (Å²) in [6, 6.07) is 12.2. The molecule has 0 aliphatic carbocycles. The molecule has 9 heteroatoms. The molecule has 1 aromatic heterocycles. The van der Waals surface area contributed by atoms with E-state index >= 15 is 0 Å². The summed E-state index contributed by atoms with van der Waals surface area (Å²) < 4.78 is 35.7. The maximum absolute atomic E-state index is 12.2. The van der Waals surface area contributed by atoms with E-state index in [4.69, 9.17) is 9.47 Å². The quantitative estimate of drug-likeness (QED) is 0.516. The fourth-order valence-corrected chi connectivity index (χ4v) is 5.14. The highest BCUT2D eigenvalue weighted by Crippen LogP contribution is 2.35. The largest absolute Gasteiger partial charge is 0.494 e. The van der Waals surface area contributed by atoms with Crippen LogP contribution in [0.2, 0.25) is 0 Å². The van der Waals surface area contributed by atoms with Crippen LogP contribution in [0.5, 0.6) is 5.75 Å². The second kappa shape index (κ2) is 8.23. The molecule has 0 saturated carbocycles. The Balaban J connectivity index is 1.31. The Kier molecular flexibility index (Phi) is 5.66. The van der Waals surface area contributed by atoms with Crippen molar-refractivity contribution < 1.29 is 22.7 Å². The highest BCUT2D eigenvalue weighted by Gasteiger charge is 2.32. The highest BCUT2D eigenvalue weighted by atomic mass is 32.2. The van der Waals surface area contributed by atoms with Gasteiger partial charge in [-0.3, -0.25) is 4.79 Å². The zero-order valence-electron chi connectivity index (χ0n) is 16.7. The van der Waals surface area contributed by atoms with E-state index in [1.54, 1.807) is 37.5 Å². The van der Waals surface area contributed by atoms with Gasteiger partial charge >= 0.3 is 5.97 Å². The second-order valence-electron chi connectivity index (χ2n) is 7.04. The zero-order valence-corrected chi connectivity index (χ0v) is 18.3. The molecule has 1 aliphatic rings. The molecule has 2 heterocycles. The van der Waals surface area contributed by atoms with Crippen LogP contribution in [0.1, 0.15) is 12.5 Å². The number of aromatic nitrogens is 1. The monoisotopic (exact) mass is 446 g/mol. The van der Waals surface area contributed by atoms with E-state index in [2.05, 4.69) is 9.88 Å². The van der Waals surface area contributed by atoms with Gasteiger partial charge in [0.05, 0.1) is 42.0 Å². The number of esters is 1. The Morgan fingerprint density at radius 2 is 1.93 bits per heavy atom. The van der Waals surface area contributed by atoms with Gasteiger partial charge in [-0.2, -0.15) is 0 Å². The van der Waals surface area contributed by atoms with E-state index in [1.165, 1.54) is 12.1 Å². The summed E-state index contributed by atoms with van der Waals surface area (Å²) in [6.45, 7) is 2.80. The van der Waals surface area contributed by atoms with Gasteiger partial charge in [-0.15, -0.1) is 0 Å². The standard InChI is InChI=1S/C21H22N2O5S2/c1-3-30(25,26)16-9-7-14(8-10-16)11-19(24)28-15-12-23(13-15)21-22-20-17(27-2)5-4-6-18(20)29-21/h4-10,15H,3,11-13H2,1-2H3. The molecule has 7 nitrogen and oxygen atoms in total. The number of rotatable bonds is 7. The number of thiazole rings is 1. The Morgan fingerprint density at radius 3 is 2.60 bits per heavy atom. The molecular formula is C21H22N2O5S2. The van der Waals surface area contributed by atoms with Crippen LogP contribution in [-0.2, 0) is 25.8 Å². The summed E-state index contributed by atoms with van der Waals surface area (Å²) in [5, 5.41) is 0.884. The Bertz CT molecular complexity index is 1170. The minimum atomic E-state index is -3.24. The molecular weight excluding hydrogens is 424 g/mol. The average molecular weight is 447 g/mol. The van der Waals surface area contributed by atoms with Crippen LogP contribution in [-0.4, -0.2) is 51.4 Å². The van der Waals surface area contributed by atoms with Crippen LogP contribution in [0.4, 0.5) is 5.13 Å². The van der Waals surface area contributed by atoms with Crippen LogP contribution in [0.15, 0.2) is 47.4 Å². The first kappa shape index (κ1) is 20.6. The first-order valence-electron chi connectivity index (χ1n) is 9.59. The van der Waals surface area contributed by atoms with Crippen molar-refractivity contribution in [3.8, 4) is 5.75 Å². The third kappa shape index (κ3) is 4.13. The van der Waals surface area contributed by atoms with Crippen molar-refractivity contribution in [3.63, 3.8) is 0 Å².